The van der Waals surface area contributed by atoms with E-state index in [1.54, 1.807) is 0 Å². The second-order valence-corrected chi connectivity index (χ2v) is 6.25. The maximum Gasteiger partial charge on any atom is 0.128 e. The predicted octanol–water partition coefficient (Wildman–Crippen LogP) is 2.77. The van der Waals surface area contributed by atoms with Gasteiger partial charge in [-0.05, 0) is 46.0 Å². The first-order valence-corrected chi connectivity index (χ1v) is 6.39. The van der Waals surface area contributed by atoms with Gasteiger partial charge in [0.2, 0.25) is 0 Å². The predicted molar refractivity (Wildman–Crippen MR) is 65.7 cm³/mol. The molecule has 0 aromatic carbocycles. The molecular weight excluding hydrogens is 198 g/mol. The average Bonchev–Trinajstić information content (AvgIpc) is 2.76. The average molecular weight is 219 g/mol. The minimum atomic E-state index is 0.0754. The Hall–Kier alpha value is -0.990. The Morgan fingerprint density at radius 3 is 2.94 bits per heavy atom. The number of anilines is 1. The molecule has 0 spiro atoms. The van der Waals surface area contributed by atoms with E-state index in [1.165, 1.54) is 37.1 Å². The summed E-state index contributed by atoms with van der Waals surface area (Å²) in [6, 6.07) is 0.699. The van der Waals surface area contributed by atoms with E-state index in [2.05, 4.69) is 42.1 Å². The summed E-state index contributed by atoms with van der Waals surface area (Å²) in [5.41, 5.74) is 1.49. The van der Waals surface area contributed by atoms with Crippen LogP contribution < -0.4 is 5.32 Å². The van der Waals surface area contributed by atoms with Gasteiger partial charge in [-0.15, -0.1) is 0 Å². The lowest BCUT2D eigenvalue weighted by atomic mass is 9.92. The third-order valence-corrected chi connectivity index (χ3v) is 3.94. The van der Waals surface area contributed by atoms with Gasteiger partial charge in [-0.2, -0.15) is 5.10 Å². The number of hydrogen-bond donors (Lipinski definition) is 1. The zero-order valence-electron chi connectivity index (χ0n) is 10.5. The highest BCUT2D eigenvalue weighted by Gasteiger charge is 2.35. The van der Waals surface area contributed by atoms with E-state index in [-0.39, 0.29) is 5.54 Å². The molecule has 88 valence electrons. The third-order valence-electron chi connectivity index (χ3n) is 3.94. The number of nitrogens with zero attached hydrogens (tertiary/aromatic N) is 2. The first-order chi connectivity index (χ1) is 7.55. The van der Waals surface area contributed by atoms with Gasteiger partial charge in [0, 0.05) is 11.6 Å². The van der Waals surface area contributed by atoms with Gasteiger partial charge in [0.1, 0.15) is 5.82 Å². The molecule has 0 unspecified atom stereocenters. The van der Waals surface area contributed by atoms with Crippen molar-refractivity contribution in [2.24, 2.45) is 5.92 Å². The van der Waals surface area contributed by atoms with E-state index >= 15 is 0 Å². The maximum atomic E-state index is 4.55. The lowest BCUT2D eigenvalue weighted by molar-refractivity contribution is 0.355. The molecule has 1 aromatic heterocycles. The summed E-state index contributed by atoms with van der Waals surface area (Å²) >= 11 is 0. The number of aromatic nitrogens is 2. The van der Waals surface area contributed by atoms with Gasteiger partial charge in [-0.1, -0.05) is 6.42 Å². The molecule has 1 aliphatic heterocycles. The van der Waals surface area contributed by atoms with Crippen molar-refractivity contribution in [2.45, 2.75) is 58.0 Å². The van der Waals surface area contributed by atoms with Crippen molar-refractivity contribution in [1.29, 1.82) is 0 Å². The Labute approximate surface area is 97.2 Å². The molecule has 2 aliphatic rings. The van der Waals surface area contributed by atoms with Crippen molar-refractivity contribution in [2.75, 3.05) is 5.32 Å². The van der Waals surface area contributed by atoms with E-state index in [0.29, 0.717) is 6.04 Å². The monoisotopic (exact) mass is 219 g/mol. The SMILES string of the molecule is CC(C)(C)n1ncc2c1N[C@H]1CCC[C@H]1C2. The van der Waals surface area contributed by atoms with E-state index in [9.17, 15) is 0 Å². The molecule has 0 saturated heterocycles. The van der Waals surface area contributed by atoms with Gasteiger partial charge in [-0.3, -0.25) is 0 Å². The van der Waals surface area contributed by atoms with Crippen molar-refractivity contribution in [3.05, 3.63) is 11.8 Å². The highest BCUT2D eigenvalue weighted by molar-refractivity contribution is 5.49. The van der Waals surface area contributed by atoms with Gasteiger partial charge in [0.15, 0.2) is 0 Å². The first kappa shape index (κ1) is 10.2. The largest absolute Gasteiger partial charge is 0.367 e. The van der Waals surface area contributed by atoms with E-state index in [1.807, 2.05) is 0 Å². The Kier molecular flexibility index (Phi) is 2.07. The molecule has 0 amide bonds. The van der Waals surface area contributed by atoms with Gasteiger partial charge < -0.3 is 5.32 Å². The van der Waals surface area contributed by atoms with Crippen LogP contribution in [0.1, 0.15) is 45.6 Å². The van der Waals surface area contributed by atoms with Crippen LogP contribution in [-0.2, 0) is 12.0 Å². The summed E-state index contributed by atoms with van der Waals surface area (Å²) in [6.45, 7) is 6.63. The summed E-state index contributed by atoms with van der Waals surface area (Å²) < 4.78 is 2.15. The number of hydrogen-bond acceptors (Lipinski definition) is 2. The molecule has 1 aliphatic carbocycles. The summed E-state index contributed by atoms with van der Waals surface area (Å²) in [5.74, 6) is 2.13. The van der Waals surface area contributed by atoms with Crippen LogP contribution >= 0.6 is 0 Å². The minimum Gasteiger partial charge on any atom is -0.367 e. The first-order valence-electron chi connectivity index (χ1n) is 6.39. The van der Waals surface area contributed by atoms with Gasteiger partial charge >= 0.3 is 0 Å². The molecule has 0 bridgehead atoms. The zero-order chi connectivity index (χ0) is 11.3. The maximum absolute atomic E-state index is 4.55. The number of rotatable bonds is 0. The molecular formula is C13H21N3. The van der Waals surface area contributed by atoms with Gasteiger partial charge in [0.25, 0.3) is 0 Å². The summed E-state index contributed by atoms with van der Waals surface area (Å²) in [7, 11) is 0. The van der Waals surface area contributed by atoms with Crippen LogP contribution in [0, 0.1) is 5.92 Å². The molecule has 3 rings (SSSR count). The van der Waals surface area contributed by atoms with Crippen LogP contribution in [0.4, 0.5) is 5.82 Å². The molecule has 0 radical (unpaired) electrons. The van der Waals surface area contributed by atoms with E-state index in [4.69, 9.17) is 0 Å². The fourth-order valence-corrected chi connectivity index (χ4v) is 3.12. The smallest absolute Gasteiger partial charge is 0.128 e. The molecule has 1 N–H and O–H groups in total. The lowest BCUT2D eigenvalue weighted by Crippen LogP contribution is -2.34. The van der Waals surface area contributed by atoms with Crippen LogP contribution in [0.15, 0.2) is 6.20 Å². The minimum absolute atomic E-state index is 0.0754. The molecule has 16 heavy (non-hydrogen) atoms. The standard InChI is InChI=1S/C13H21N3/c1-13(2,3)16-12-10(8-14-16)7-9-5-4-6-11(9)15-12/h8-9,11,15H,4-7H2,1-3H3/t9-,11-/m0/s1. The highest BCUT2D eigenvalue weighted by Crippen LogP contribution is 2.38. The van der Waals surface area contributed by atoms with Crippen LogP contribution in [0.5, 0.6) is 0 Å². The van der Waals surface area contributed by atoms with Crippen LogP contribution in [-0.4, -0.2) is 15.8 Å². The fourth-order valence-electron chi connectivity index (χ4n) is 3.12. The summed E-state index contributed by atoms with van der Waals surface area (Å²) in [4.78, 5) is 0. The molecule has 2 atom stereocenters. The zero-order valence-corrected chi connectivity index (χ0v) is 10.5. The van der Waals surface area contributed by atoms with Crippen molar-refractivity contribution in [1.82, 2.24) is 9.78 Å². The van der Waals surface area contributed by atoms with Crippen molar-refractivity contribution in [3.63, 3.8) is 0 Å². The van der Waals surface area contributed by atoms with Gasteiger partial charge in [0.05, 0.1) is 11.7 Å². The van der Waals surface area contributed by atoms with Gasteiger partial charge in [-0.25, -0.2) is 4.68 Å². The Balaban J connectivity index is 1.98. The molecule has 3 nitrogen and oxygen atoms in total. The van der Waals surface area contributed by atoms with E-state index in [0.717, 1.165) is 5.92 Å². The van der Waals surface area contributed by atoms with Crippen LogP contribution in [0.2, 0.25) is 0 Å². The number of fused-ring (bicyclic) bond motifs is 2. The second-order valence-electron chi connectivity index (χ2n) is 6.25. The Morgan fingerprint density at radius 1 is 1.38 bits per heavy atom. The molecule has 3 heteroatoms. The van der Waals surface area contributed by atoms with Crippen LogP contribution in [0.25, 0.3) is 0 Å². The Morgan fingerprint density at radius 2 is 2.19 bits per heavy atom. The molecule has 1 saturated carbocycles. The lowest BCUT2D eigenvalue weighted by Gasteiger charge is -2.31. The third kappa shape index (κ3) is 1.45. The fraction of sp³-hybridized carbons (Fsp3) is 0.769. The normalized spacial score (nSPS) is 28.4. The molecule has 1 fully saturated rings. The number of nitrogens with one attached hydrogen (secondary N) is 1. The highest BCUT2D eigenvalue weighted by atomic mass is 15.4. The molecule has 1 aromatic rings. The topological polar surface area (TPSA) is 29.9 Å². The molecule has 2 heterocycles. The summed E-state index contributed by atoms with van der Waals surface area (Å²) in [5, 5.41) is 8.27. The van der Waals surface area contributed by atoms with Crippen LogP contribution in [0.3, 0.4) is 0 Å². The summed E-state index contributed by atoms with van der Waals surface area (Å²) in [6.07, 6.45) is 7.39. The van der Waals surface area contributed by atoms with Crippen molar-refractivity contribution >= 4 is 5.82 Å². The van der Waals surface area contributed by atoms with Crippen molar-refractivity contribution in [3.8, 4) is 0 Å². The van der Waals surface area contributed by atoms with E-state index < -0.39 is 0 Å². The quantitative estimate of drug-likeness (QED) is 0.727. The second kappa shape index (κ2) is 3.25. The van der Waals surface area contributed by atoms with Crippen molar-refractivity contribution < 1.29 is 0 Å². The Bertz CT molecular complexity index is 400.